The molecule has 0 spiro atoms. The van der Waals surface area contributed by atoms with Crippen molar-refractivity contribution in [2.24, 2.45) is 16.0 Å². The molecule has 0 bridgehead atoms. The van der Waals surface area contributed by atoms with Gasteiger partial charge >= 0.3 is 0 Å². The van der Waals surface area contributed by atoms with Crippen LogP contribution in [-0.2, 0) is 23.1 Å². The van der Waals surface area contributed by atoms with E-state index in [2.05, 4.69) is 15.6 Å². The quantitative estimate of drug-likeness (QED) is 0.425. The Morgan fingerprint density at radius 3 is 2.71 bits per heavy atom. The first-order valence-electron chi connectivity index (χ1n) is 9.30. The molecule has 0 unspecified atom stereocenters. The van der Waals surface area contributed by atoms with Crippen LogP contribution in [0.4, 0.5) is 0 Å². The molecule has 0 amide bonds. The predicted octanol–water partition coefficient (Wildman–Crippen LogP) is 2.44. The fraction of sp³-hybridized carbons (Fsp3) is 0.421. The zero-order valence-corrected chi connectivity index (χ0v) is 17.5. The fourth-order valence-corrected chi connectivity index (χ4v) is 4.27. The van der Waals surface area contributed by atoms with Crippen molar-refractivity contribution >= 4 is 27.3 Å². The van der Waals surface area contributed by atoms with Gasteiger partial charge in [0.05, 0.1) is 19.7 Å². The molecule has 1 aliphatic rings. The minimum atomic E-state index is -3.66. The Morgan fingerprint density at radius 2 is 2.04 bits per heavy atom. The number of benzene rings is 1. The number of hydrogen-bond donors (Lipinski definition) is 3. The van der Waals surface area contributed by atoms with Crippen LogP contribution < -0.4 is 20.5 Å². The lowest BCUT2D eigenvalue weighted by Gasteiger charge is -2.12. The second kappa shape index (κ2) is 9.40. The number of aliphatic imine (C=N–C) groups is 1. The van der Waals surface area contributed by atoms with Gasteiger partial charge in [-0.15, -0.1) is 11.3 Å². The summed E-state index contributed by atoms with van der Waals surface area (Å²) in [6.45, 7) is 4.44. The summed E-state index contributed by atoms with van der Waals surface area (Å²) < 4.78 is 28.9. The molecule has 1 heterocycles. The Hall–Kier alpha value is -2.10. The number of primary sulfonamides is 1. The lowest BCUT2D eigenvalue weighted by molar-refractivity contribution is 0.297. The highest BCUT2D eigenvalue weighted by atomic mass is 32.2. The normalized spacial score (nSPS) is 14.7. The Balaban J connectivity index is 1.61. The molecule has 0 atom stereocenters. The molecule has 0 radical (unpaired) electrons. The third-order valence-electron chi connectivity index (χ3n) is 4.24. The van der Waals surface area contributed by atoms with Gasteiger partial charge in [0.15, 0.2) is 5.96 Å². The van der Waals surface area contributed by atoms with Crippen molar-refractivity contribution in [1.29, 1.82) is 0 Å². The van der Waals surface area contributed by atoms with Crippen LogP contribution in [0, 0.1) is 5.92 Å². The summed E-state index contributed by atoms with van der Waals surface area (Å²) in [6, 6.07) is 11.2. The van der Waals surface area contributed by atoms with E-state index in [1.165, 1.54) is 18.9 Å². The Bertz CT molecular complexity index is 921. The number of nitrogens with zero attached hydrogens (tertiary/aromatic N) is 1. The minimum absolute atomic E-state index is 0.160. The van der Waals surface area contributed by atoms with Gasteiger partial charge in [0.1, 0.15) is 9.96 Å². The summed E-state index contributed by atoms with van der Waals surface area (Å²) >= 11 is 1.15. The molecule has 3 rings (SSSR count). The van der Waals surface area contributed by atoms with Gasteiger partial charge in [0.25, 0.3) is 0 Å². The van der Waals surface area contributed by atoms with E-state index in [4.69, 9.17) is 9.88 Å². The molecule has 0 saturated heterocycles. The van der Waals surface area contributed by atoms with E-state index in [1.807, 2.05) is 31.2 Å². The number of rotatable bonds is 9. The second-order valence-electron chi connectivity index (χ2n) is 6.68. The molecule has 9 heteroatoms. The predicted molar refractivity (Wildman–Crippen MR) is 112 cm³/mol. The maximum absolute atomic E-state index is 11.4. The maximum atomic E-state index is 11.4. The molecule has 0 aliphatic heterocycles. The standard InChI is InChI=1S/C19H26N4O3S2/c1-2-21-19(23-12-16-9-10-18(27-16)28(20,24)25)22-11-15-5-3-4-6-17(15)26-13-14-7-8-14/h3-6,9-10,14H,2,7-8,11-13H2,1H3,(H2,20,24,25)(H2,21,22,23). The van der Waals surface area contributed by atoms with Gasteiger partial charge in [-0.2, -0.15) is 0 Å². The first-order chi connectivity index (χ1) is 13.5. The third kappa shape index (κ3) is 6.22. The molecule has 1 fully saturated rings. The van der Waals surface area contributed by atoms with Crippen LogP contribution in [0.1, 0.15) is 30.2 Å². The van der Waals surface area contributed by atoms with Gasteiger partial charge in [-0.3, -0.25) is 0 Å². The molecule has 1 aromatic heterocycles. The van der Waals surface area contributed by atoms with E-state index in [0.717, 1.165) is 40.7 Å². The maximum Gasteiger partial charge on any atom is 0.247 e. The largest absolute Gasteiger partial charge is 0.493 e. The summed E-state index contributed by atoms with van der Waals surface area (Å²) in [5.41, 5.74) is 1.04. The van der Waals surface area contributed by atoms with Gasteiger partial charge in [0.2, 0.25) is 10.0 Å². The smallest absolute Gasteiger partial charge is 0.247 e. The summed E-state index contributed by atoms with van der Waals surface area (Å²) in [5.74, 6) is 2.23. The summed E-state index contributed by atoms with van der Waals surface area (Å²) in [6.07, 6.45) is 2.51. The molecule has 7 nitrogen and oxygen atoms in total. The average Bonchev–Trinajstić information content (AvgIpc) is 3.36. The van der Waals surface area contributed by atoms with Gasteiger partial charge < -0.3 is 15.4 Å². The highest BCUT2D eigenvalue weighted by molar-refractivity contribution is 7.91. The van der Waals surface area contributed by atoms with Crippen molar-refractivity contribution in [2.45, 2.75) is 37.1 Å². The molecule has 28 heavy (non-hydrogen) atoms. The lowest BCUT2D eigenvalue weighted by Crippen LogP contribution is -2.36. The highest BCUT2D eigenvalue weighted by Gasteiger charge is 2.22. The monoisotopic (exact) mass is 422 g/mol. The molecule has 1 aromatic carbocycles. The van der Waals surface area contributed by atoms with E-state index in [-0.39, 0.29) is 4.21 Å². The van der Waals surface area contributed by atoms with Crippen LogP contribution >= 0.6 is 11.3 Å². The van der Waals surface area contributed by atoms with Gasteiger partial charge in [-0.1, -0.05) is 18.2 Å². The van der Waals surface area contributed by atoms with Crippen molar-refractivity contribution < 1.29 is 13.2 Å². The first kappa shape index (κ1) is 20.6. The number of thiophene rings is 1. The number of nitrogens with one attached hydrogen (secondary N) is 2. The van der Waals surface area contributed by atoms with Crippen molar-refractivity contribution in [3.63, 3.8) is 0 Å². The number of sulfonamides is 1. The minimum Gasteiger partial charge on any atom is -0.493 e. The van der Waals surface area contributed by atoms with Crippen molar-refractivity contribution in [3.05, 3.63) is 46.8 Å². The number of para-hydroxylation sites is 1. The van der Waals surface area contributed by atoms with Gasteiger partial charge in [-0.25, -0.2) is 18.5 Å². The fourth-order valence-electron chi connectivity index (χ4n) is 2.55. The molecular formula is C19H26N4O3S2. The molecule has 152 valence electrons. The van der Waals surface area contributed by atoms with Crippen molar-refractivity contribution in [3.8, 4) is 5.75 Å². The molecule has 4 N–H and O–H groups in total. The SMILES string of the molecule is CCNC(=NCc1ccccc1OCC1CC1)NCc1ccc(S(N)(=O)=O)s1. The summed E-state index contributed by atoms with van der Waals surface area (Å²) in [4.78, 5) is 5.50. The van der Waals surface area contributed by atoms with Crippen LogP contribution in [-0.4, -0.2) is 27.5 Å². The number of hydrogen-bond acceptors (Lipinski definition) is 5. The van der Waals surface area contributed by atoms with Crippen molar-refractivity contribution in [1.82, 2.24) is 10.6 Å². The van der Waals surface area contributed by atoms with Gasteiger partial charge in [-0.05, 0) is 43.9 Å². The average molecular weight is 423 g/mol. The second-order valence-corrected chi connectivity index (χ2v) is 9.63. The zero-order valence-electron chi connectivity index (χ0n) is 15.8. The lowest BCUT2D eigenvalue weighted by atomic mass is 10.2. The Morgan fingerprint density at radius 1 is 1.25 bits per heavy atom. The third-order valence-corrected chi connectivity index (χ3v) is 6.77. The number of nitrogens with two attached hydrogens (primary N) is 1. The van der Waals surface area contributed by atoms with E-state index < -0.39 is 10.0 Å². The van der Waals surface area contributed by atoms with E-state index in [9.17, 15) is 8.42 Å². The molecule has 1 aliphatic carbocycles. The van der Waals surface area contributed by atoms with Crippen LogP contribution in [0.25, 0.3) is 0 Å². The number of guanidine groups is 1. The summed E-state index contributed by atoms with van der Waals surface area (Å²) in [7, 11) is -3.66. The van der Waals surface area contributed by atoms with Crippen LogP contribution in [0.15, 0.2) is 45.6 Å². The first-order valence-corrected chi connectivity index (χ1v) is 11.7. The summed E-state index contributed by atoms with van der Waals surface area (Å²) in [5, 5.41) is 11.6. The topological polar surface area (TPSA) is 106 Å². The van der Waals surface area contributed by atoms with E-state index in [0.29, 0.717) is 25.0 Å². The number of ether oxygens (including phenoxy) is 1. The van der Waals surface area contributed by atoms with E-state index >= 15 is 0 Å². The van der Waals surface area contributed by atoms with Gasteiger partial charge in [0, 0.05) is 17.0 Å². The van der Waals surface area contributed by atoms with Crippen LogP contribution in [0.2, 0.25) is 0 Å². The molecular weight excluding hydrogens is 396 g/mol. The van der Waals surface area contributed by atoms with Crippen LogP contribution in [0.3, 0.4) is 0 Å². The van der Waals surface area contributed by atoms with Crippen molar-refractivity contribution in [2.75, 3.05) is 13.2 Å². The zero-order chi connectivity index (χ0) is 20.0. The van der Waals surface area contributed by atoms with Crippen LogP contribution in [0.5, 0.6) is 5.75 Å². The Labute approximate surface area is 170 Å². The molecule has 1 saturated carbocycles. The highest BCUT2D eigenvalue weighted by Crippen LogP contribution is 2.30. The Kier molecular flexibility index (Phi) is 6.93. The van der Waals surface area contributed by atoms with E-state index in [1.54, 1.807) is 6.07 Å². The molecule has 2 aromatic rings.